The third-order valence-electron chi connectivity index (χ3n) is 7.20. The molecule has 1 unspecified atom stereocenters. The molecule has 35 heavy (non-hydrogen) atoms. The molecule has 3 aromatic carbocycles. The Morgan fingerprint density at radius 2 is 1.57 bits per heavy atom. The number of fused-ring (bicyclic) bond motifs is 5. The van der Waals surface area contributed by atoms with E-state index in [1.165, 1.54) is 18.2 Å². The van der Waals surface area contributed by atoms with Crippen LogP contribution in [0.3, 0.4) is 0 Å². The number of imide groups is 1. The normalized spacial score (nSPS) is 24.3. The summed E-state index contributed by atoms with van der Waals surface area (Å²) in [5.41, 5.74) is 2.12. The Labute approximate surface area is 201 Å². The zero-order chi connectivity index (χ0) is 24.3. The minimum Gasteiger partial charge on any atom is -0.497 e. The molecule has 0 saturated carbocycles. The third kappa shape index (κ3) is 3.04. The van der Waals surface area contributed by atoms with E-state index < -0.39 is 41.6 Å². The first-order valence-electron chi connectivity index (χ1n) is 11.4. The van der Waals surface area contributed by atoms with Crippen molar-refractivity contribution in [1.82, 2.24) is 4.90 Å². The summed E-state index contributed by atoms with van der Waals surface area (Å²) in [7, 11) is 1.54. The highest BCUT2D eigenvalue weighted by Gasteiger charge is 2.64. The van der Waals surface area contributed by atoms with Gasteiger partial charge in [0.15, 0.2) is 5.78 Å². The Kier molecular flexibility index (Phi) is 4.81. The number of hydrogen-bond acceptors (Lipinski definition) is 5. The largest absolute Gasteiger partial charge is 0.497 e. The lowest BCUT2D eigenvalue weighted by molar-refractivity contribution is -0.123. The molecule has 6 rings (SSSR count). The Bertz CT molecular complexity index is 1400. The Hall–Kier alpha value is -4.26. The molecule has 0 N–H and O–H groups in total. The van der Waals surface area contributed by atoms with Crippen molar-refractivity contribution in [3.8, 4) is 5.75 Å². The minimum atomic E-state index is -0.947. The molecule has 0 aliphatic carbocycles. The van der Waals surface area contributed by atoms with Gasteiger partial charge < -0.3 is 9.64 Å². The molecule has 0 radical (unpaired) electrons. The molecule has 3 aliphatic rings. The van der Waals surface area contributed by atoms with Crippen molar-refractivity contribution in [2.75, 3.05) is 12.0 Å². The topological polar surface area (TPSA) is 66.9 Å². The summed E-state index contributed by atoms with van der Waals surface area (Å²) in [6, 6.07) is 18.6. The molecule has 3 aliphatic heterocycles. The molecule has 7 heteroatoms. The van der Waals surface area contributed by atoms with Crippen LogP contribution in [0.25, 0.3) is 6.08 Å². The molecule has 2 saturated heterocycles. The fourth-order valence-corrected chi connectivity index (χ4v) is 5.65. The first-order valence-corrected chi connectivity index (χ1v) is 11.4. The van der Waals surface area contributed by atoms with Crippen LogP contribution in [-0.2, 0) is 9.59 Å². The van der Waals surface area contributed by atoms with Gasteiger partial charge >= 0.3 is 0 Å². The van der Waals surface area contributed by atoms with Crippen LogP contribution in [0.15, 0.2) is 79.0 Å². The van der Waals surface area contributed by atoms with E-state index in [1.807, 2.05) is 35.2 Å². The van der Waals surface area contributed by atoms with E-state index in [1.54, 1.807) is 43.6 Å². The van der Waals surface area contributed by atoms with Crippen LogP contribution >= 0.6 is 0 Å². The number of ketones is 1. The molecule has 6 nitrogen and oxygen atoms in total. The number of methoxy groups -OCH3 is 1. The highest BCUT2D eigenvalue weighted by molar-refractivity contribution is 6.24. The van der Waals surface area contributed by atoms with Gasteiger partial charge in [0.05, 0.1) is 30.7 Å². The maximum absolute atomic E-state index is 14.7. The summed E-state index contributed by atoms with van der Waals surface area (Å²) in [4.78, 5) is 44.1. The molecule has 0 bridgehead atoms. The van der Waals surface area contributed by atoms with Crippen LogP contribution < -0.4 is 9.64 Å². The van der Waals surface area contributed by atoms with E-state index in [4.69, 9.17) is 4.74 Å². The highest BCUT2D eigenvalue weighted by atomic mass is 19.1. The van der Waals surface area contributed by atoms with Crippen molar-refractivity contribution in [1.29, 1.82) is 0 Å². The van der Waals surface area contributed by atoms with Crippen LogP contribution in [0.5, 0.6) is 5.75 Å². The number of halogens is 1. The van der Waals surface area contributed by atoms with Gasteiger partial charge in [-0.15, -0.1) is 0 Å². The van der Waals surface area contributed by atoms with Gasteiger partial charge in [-0.25, -0.2) is 9.29 Å². The minimum absolute atomic E-state index is 0.0845. The highest BCUT2D eigenvalue weighted by Crippen LogP contribution is 2.53. The van der Waals surface area contributed by atoms with E-state index in [2.05, 4.69) is 0 Å². The van der Waals surface area contributed by atoms with Crippen molar-refractivity contribution < 1.29 is 23.5 Å². The number of anilines is 1. The predicted octanol–water partition coefficient (Wildman–Crippen LogP) is 4.23. The lowest BCUT2D eigenvalue weighted by Crippen LogP contribution is -2.44. The van der Waals surface area contributed by atoms with Crippen LogP contribution in [0.2, 0.25) is 0 Å². The van der Waals surface area contributed by atoms with Gasteiger partial charge in [0.2, 0.25) is 11.8 Å². The number of ether oxygens (including phenoxy) is 1. The monoisotopic (exact) mass is 468 g/mol. The maximum Gasteiger partial charge on any atom is 0.240 e. The van der Waals surface area contributed by atoms with E-state index in [9.17, 15) is 18.8 Å². The molecule has 174 valence electrons. The molecular weight excluding hydrogens is 447 g/mol. The number of carbonyl (C=O) groups is 3. The number of para-hydroxylation sites is 1. The Morgan fingerprint density at radius 3 is 2.31 bits per heavy atom. The van der Waals surface area contributed by atoms with Crippen molar-refractivity contribution in [3.05, 3.63) is 102 Å². The van der Waals surface area contributed by atoms with Crippen molar-refractivity contribution in [3.63, 3.8) is 0 Å². The quantitative estimate of drug-likeness (QED) is 0.424. The molecule has 0 aromatic heterocycles. The summed E-state index contributed by atoms with van der Waals surface area (Å²) in [5, 5.41) is 0. The molecular formula is C28H21FN2O4. The van der Waals surface area contributed by atoms with Gasteiger partial charge in [0, 0.05) is 11.8 Å². The molecule has 2 fully saturated rings. The summed E-state index contributed by atoms with van der Waals surface area (Å²) in [6.45, 7) is 0. The number of hydrogen-bond donors (Lipinski definition) is 0. The molecule has 2 amide bonds. The number of nitrogens with zero attached hydrogens (tertiary/aromatic N) is 2. The summed E-state index contributed by atoms with van der Waals surface area (Å²) in [6.07, 6.45) is 3.69. The van der Waals surface area contributed by atoms with Gasteiger partial charge in [-0.05, 0) is 53.6 Å². The lowest BCUT2D eigenvalue weighted by Gasteiger charge is -2.35. The van der Waals surface area contributed by atoms with Crippen molar-refractivity contribution in [2.45, 2.75) is 12.1 Å². The van der Waals surface area contributed by atoms with E-state index in [0.717, 1.165) is 16.0 Å². The Balaban J connectivity index is 1.49. The number of benzene rings is 3. The van der Waals surface area contributed by atoms with Crippen molar-refractivity contribution >= 4 is 29.4 Å². The van der Waals surface area contributed by atoms with Gasteiger partial charge in [-0.2, -0.15) is 0 Å². The molecule has 4 atom stereocenters. The maximum atomic E-state index is 14.7. The zero-order valence-corrected chi connectivity index (χ0v) is 18.8. The van der Waals surface area contributed by atoms with Crippen LogP contribution in [0.4, 0.5) is 10.1 Å². The first-order chi connectivity index (χ1) is 17.0. The number of rotatable bonds is 4. The molecule has 3 heterocycles. The third-order valence-corrected chi connectivity index (χ3v) is 7.20. The zero-order valence-electron chi connectivity index (χ0n) is 18.8. The standard InChI is InChI=1S/C28H21FN2O4/c1-35-18-12-10-17(11-13-18)26(32)25-23-22(24-19-7-3-2-6-16(19)14-15-30(24)25)27(33)31(28(23)34)21-9-5-4-8-20(21)29/h2-15,22-25H,1H3/t22-,23+,24?,25-/m0/s1. The molecule has 3 aromatic rings. The summed E-state index contributed by atoms with van der Waals surface area (Å²) >= 11 is 0. The fourth-order valence-electron chi connectivity index (χ4n) is 5.65. The average Bonchev–Trinajstić information content (AvgIpc) is 3.36. The second-order valence-corrected chi connectivity index (χ2v) is 8.89. The fraction of sp³-hybridized carbons (Fsp3) is 0.179. The van der Waals surface area contributed by atoms with Crippen LogP contribution in [0, 0.1) is 17.7 Å². The number of amides is 2. The van der Waals surface area contributed by atoms with E-state index in [0.29, 0.717) is 11.3 Å². The summed E-state index contributed by atoms with van der Waals surface area (Å²) < 4.78 is 19.9. The first kappa shape index (κ1) is 21.3. The second kappa shape index (κ2) is 7.91. The van der Waals surface area contributed by atoms with Crippen molar-refractivity contribution in [2.24, 2.45) is 11.8 Å². The van der Waals surface area contributed by atoms with Gasteiger partial charge in [0.25, 0.3) is 0 Å². The van der Waals surface area contributed by atoms with Gasteiger partial charge in [-0.3, -0.25) is 14.4 Å². The molecule has 0 spiro atoms. The predicted molar refractivity (Wildman–Crippen MR) is 127 cm³/mol. The lowest BCUT2D eigenvalue weighted by atomic mass is 9.83. The Morgan fingerprint density at radius 1 is 0.886 bits per heavy atom. The van der Waals surface area contributed by atoms with Crippen LogP contribution in [-0.4, -0.2) is 35.6 Å². The van der Waals surface area contributed by atoms with E-state index >= 15 is 0 Å². The smallest absolute Gasteiger partial charge is 0.240 e. The number of Topliss-reactive ketones (excluding diaryl/α,β-unsaturated/α-hetero) is 1. The second-order valence-electron chi connectivity index (χ2n) is 8.89. The average molecular weight is 468 g/mol. The van der Waals surface area contributed by atoms with E-state index in [-0.39, 0.29) is 11.5 Å². The number of carbonyl (C=O) groups excluding carboxylic acids is 3. The van der Waals surface area contributed by atoms with Gasteiger partial charge in [0.1, 0.15) is 17.6 Å². The summed E-state index contributed by atoms with van der Waals surface area (Å²) in [5.74, 6) is -3.14. The van der Waals surface area contributed by atoms with Crippen LogP contribution in [0.1, 0.15) is 27.5 Å². The SMILES string of the molecule is COc1ccc(C(=O)[C@@H]2[C@@H]3C(=O)N(c4ccccc4F)C(=O)[C@@H]3C3c4ccccc4C=CN32)cc1. The van der Waals surface area contributed by atoms with Gasteiger partial charge in [-0.1, -0.05) is 36.4 Å².